The molecule has 1 aromatic carbocycles. The van der Waals surface area contributed by atoms with E-state index in [9.17, 15) is 4.79 Å². The Labute approximate surface area is 146 Å². The first-order valence-corrected chi connectivity index (χ1v) is 8.41. The van der Waals surface area contributed by atoms with Gasteiger partial charge in [0.05, 0.1) is 10.7 Å². The lowest BCUT2D eigenvalue weighted by Crippen LogP contribution is -2.17. The van der Waals surface area contributed by atoms with Crippen LogP contribution in [-0.4, -0.2) is 34.3 Å². The van der Waals surface area contributed by atoms with Crippen LogP contribution in [0.4, 0.5) is 6.01 Å². The third kappa shape index (κ3) is 3.05. The Hall–Kier alpha value is -2.94. The minimum atomic E-state index is -0.371. The molecule has 1 aliphatic heterocycles. The number of rotatable bonds is 3. The van der Waals surface area contributed by atoms with Crippen molar-refractivity contribution in [2.45, 2.75) is 13.8 Å². The molecule has 0 aliphatic carbocycles. The van der Waals surface area contributed by atoms with Crippen LogP contribution in [0.15, 0.2) is 22.6 Å². The Kier molecular flexibility index (Phi) is 3.85. The minimum Gasteiger partial charge on any atom is -0.486 e. The fraction of sp³-hybridized carbons (Fsp3) is 0.250. The van der Waals surface area contributed by atoms with E-state index in [1.807, 2.05) is 13.8 Å². The second kappa shape index (κ2) is 6.17. The minimum absolute atomic E-state index is 0.0281. The van der Waals surface area contributed by atoms with E-state index in [0.29, 0.717) is 36.2 Å². The summed E-state index contributed by atoms with van der Waals surface area (Å²) >= 11 is 1.46. The molecule has 0 spiro atoms. The fourth-order valence-corrected chi connectivity index (χ4v) is 3.29. The van der Waals surface area contributed by atoms with Gasteiger partial charge in [-0.3, -0.25) is 10.1 Å². The van der Waals surface area contributed by atoms with Crippen molar-refractivity contribution in [1.82, 2.24) is 15.2 Å². The van der Waals surface area contributed by atoms with Crippen LogP contribution in [-0.2, 0) is 0 Å². The van der Waals surface area contributed by atoms with Crippen LogP contribution in [0.5, 0.6) is 11.5 Å². The molecule has 25 heavy (non-hydrogen) atoms. The molecule has 3 aromatic rings. The van der Waals surface area contributed by atoms with Gasteiger partial charge in [0, 0.05) is 5.56 Å². The SMILES string of the molecule is Cc1nc(C)c(-c2nnc(NC(=O)c3ccc4c(c3)OCCO4)o2)s1. The van der Waals surface area contributed by atoms with E-state index in [1.54, 1.807) is 18.2 Å². The van der Waals surface area contributed by atoms with Gasteiger partial charge < -0.3 is 13.9 Å². The number of aryl methyl sites for hydroxylation is 2. The van der Waals surface area contributed by atoms with Gasteiger partial charge in [-0.25, -0.2) is 4.98 Å². The molecule has 1 amide bonds. The van der Waals surface area contributed by atoms with Crippen molar-refractivity contribution in [3.63, 3.8) is 0 Å². The summed E-state index contributed by atoms with van der Waals surface area (Å²) in [5.41, 5.74) is 1.23. The Bertz CT molecular complexity index is 950. The van der Waals surface area contributed by atoms with Gasteiger partial charge in [0.25, 0.3) is 11.8 Å². The zero-order chi connectivity index (χ0) is 17.4. The first kappa shape index (κ1) is 15.6. The molecule has 1 N–H and O–H groups in total. The van der Waals surface area contributed by atoms with Gasteiger partial charge >= 0.3 is 6.01 Å². The highest BCUT2D eigenvalue weighted by Gasteiger charge is 2.18. The van der Waals surface area contributed by atoms with E-state index < -0.39 is 0 Å². The molecule has 2 aromatic heterocycles. The predicted octanol–water partition coefficient (Wildman–Crippen LogP) is 2.83. The van der Waals surface area contributed by atoms with Gasteiger partial charge in [-0.2, -0.15) is 0 Å². The lowest BCUT2D eigenvalue weighted by Gasteiger charge is -2.18. The van der Waals surface area contributed by atoms with Crippen molar-refractivity contribution in [3.05, 3.63) is 34.5 Å². The van der Waals surface area contributed by atoms with Crippen LogP contribution in [0.1, 0.15) is 21.1 Å². The molecule has 1 aliphatic rings. The zero-order valence-corrected chi connectivity index (χ0v) is 14.3. The molecule has 0 saturated carbocycles. The molecule has 0 bridgehead atoms. The van der Waals surface area contributed by atoms with E-state index in [-0.39, 0.29) is 11.9 Å². The summed E-state index contributed by atoms with van der Waals surface area (Å²) in [5, 5.41) is 11.3. The Balaban J connectivity index is 1.52. The average Bonchev–Trinajstić information content (AvgIpc) is 3.20. The lowest BCUT2D eigenvalue weighted by molar-refractivity contribution is 0.102. The Morgan fingerprint density at radius 1 is 1.16 bits per heavy atom. The third-order valence-electron chi connectivity index (χ3n) is 3.55. The van der Waals surface area contributed by atoms with E-state index in [0.717, 1.165) is 15.6 Å². The first-order valence-electron chi connectivity index (χ1n) is 7.59. The van der Waals surface area contributed by atoms with Crippen molar-refractivity contribution in [3.8, 4) is 22.3 Å². The molecule has 128 valence electrons. The zero-order valence-electron chi connectivity index (χ0n) is 13.5. The van der Waals surface area contributed by atoms with Crippen molar-refractivity contribution in [2.75, 3.05) is 18.5 Å². The van der Waals surface area contributed by atoms with Crippen LogP contribution in [0, 0.1) is 13.8 Å². The summed E-state index contributed by atoms with van der Waals surface area (Å²) in [7, 11) is 0. The van der Waals surface area contributed by atoms with Crippen LogP contribution in [0.25, 0.3) is 10.8 Å². The molecule has 0 unspecified atom stereocenters. The van der Waals surface area contributed by atoms with Crippen LogP contribution in [0.2, 0.25) is 0 Å². The lowest BCUT2D eigenvalue weighted by atomic mass is 10.2. The molecule has 8 nitrogen and oxygen atoms in total. The molecule has 9 heteroatoms. The van der Waals surface area contributed by atoms with Gasteiger partial charge in [-0.05, 0) is 32.0 Å². The topological polar surface area (TPSA) is 99.4 Å². The molecule has 0 radical (unpaired) electrons. The van der Waals surface area contributed by atoms with Crippen LogP contribution in [0.3, 0.4) is 0 Å². The predicted molar refractivity (Wildman–Crippen MR) is 90.3 cm³/mol. The normalized spacial score (nSPS) is 12.9. The first-order chi connectivity index (χ1) is 12.1. The maximum atomic E-state index is 12.4. The quantitative estimate of drug-likeness (QED) is 0.768. The number of ether oxygens (including phenoxy) is 2. The number of thiazole rings is 1. The average molecular weight is 358 g/mol. The molecular formula is C16H14N4O4S. The van der Waals surface area contributed by atoms with Gasteiger partial charge in [-0.15, -0.1) is 16.4 Å². The fourth-order valence-electron chi connectivity index (χ4n) is 2.45. The second-order valence-electron chi connectivity index (χ2n) is 5.37. The molecular weight excluding hydrogens is 344 g/mol. The summed E-state index contributed by atoms with van der Waals surface area (Å²) in [4.78, 5) is 17.5. The van der Waals surface area contributed by atoms with Gasteiger partial charge in [0.2, 0.25) is 0 Å². The van der Waals surface area contributed by atoms with E-state index >= 15 is 0 Å². The molecule has 0 atom stereocenters. The number of aromatic nitrogens is 3. The van der Waals surface area contributed by atoms with Crippen molar-refractivity contribution >= 4 is 23.3 Å². The van der Waals surface area contributed by atoms with Crippen molar-refractivity contribution in [1.29, 1.82) is 0 Å². The van der Waals surface area contributed by atoms with Crippen LogP contribution < -0.4 is 14.8 Å². The van der Waals surface area contributed by atoms with E-state index in [4.69, 9.17) is 13.9 Å². The second-order valence-corrected chi connectivity index (χ2v) is 6.58. The number of hydrogen-bond donors (Lipinski definition) is 1. The number of amides is 1. The van der Waals surface area contributed by atoms with Crippen LogP contribution >= 0.6 is 11.3 Å². The largest absolute Gasteiger partial charge is 0.486 e. The third-order valence-corrected chi connectivity index (χ3v) is 4.61. The maximum Gasteiger partial charge on any atom is 0.322 e. The molecule has 4 rings (SSSR count). The Morgan fingerprint density at radius 3 is 2.72 bits per heavy atom. The summed E-state index contributed by atoms with van der Waals surface area (Å²) in [6.45, 7) is 4.73. The standard InChI is InChI=1S/C16H14N4O4S/c1-8-13(25-9(2)17-8)15-19-20-16(24-15)18-14(21)10-3-4-11-12(7-10)23-6-5-22-11/h3-4,7H,5-6H2,1-2H3,(H,18,20,21). The maximum absolute atomic E-state index is 12.4. The monoisotopic (exact) mass is 358 g/mol. The number of hydrogen-bond acceptors (Lipinski definition) is 8. The van der Waals surface area contributed by atoms with Gasteiger partial charge in [-0.1, -0.05) is 5.10 Å². The summed E-state index contributed by atoms with van der Waals surface area (Å²) in [6, 6.07) is 5.00. The van der Waals surface area contributed by atoms with Gasteiger partial charge in [0.15, 0.2) is 11.5 Å². The summed E-state index contributed by atoms with van der Waals surface area (Å²) < 4.78 is 16.4. The highest BCUT2D eigenvalue weighted by molar-refractivity contribution is 7.15. The van der Waals surface area contributed by atoms with E-state index in [1.165, 1.54) is 11.3 Å². The highest BCUT2D eigenvalue weighted by Crippen LogP contribution is 2.32. The molecule has 0 fully saturated rings. The molecule has 3 heterocycles. The number of anilines is 1. The molecule has 0 saturated heterocycles. The number of fused-ring (bicyclic) bond motifs is 1. The highest BCUT2D eigenvalue weighted by atomic mass is 32.1. The number of carbonyl (C=O) groups is 1. The summed E-state index contributed by atoms with van der Waals surface area (Å²) in [6.07, 6.45) is 0. The van der Waals surface area contributed by atoms with E-state index in [2.05, 4.69) is 20.5 Å². The van der Waals surface area contributed by atoms with Gasteiger partial charge in [0.1, 0.15) is 18.1 Å². The van der Waals surface area contributed by atoms with Crippen molar-refractivity contribution in [2.24, 2.45) is 0 Å². The smallest absolute Gasteiger partial charge is 0.322 e. The number of nitrogens with zero attached hydrogens (tertiary/aromatic N) is 3. The summed E-state index contributed by atoms with van der Waals surface area (Å²) in [5.74, 6) is 1.13. The Morgan fingerprint density at radius 2 is 1.96 bits per heavy atom. The van der Waals surface area contributed by atoms with Crippen molar-refractivity contribution < 1.29 is 18.7 Å². The number of benzene rings is 1. The number of nitrogens with one attached hydrogen (secondary N) is 1. The number of carbonyl (C=O) groups excluding carboxylic acids is 1.